The molecule has 0 saturated heterocycles. The third kappa shape index (κ3) is 257. The summed E-state index contributed by atoms with van der Waals surface area (Å²) in [7, 11) is 0. The third-order valence-electron chi connectivity index (χ3n) is 0. The van der Waals surface area contributed by atoms with Gasteiger partial charge in [-0.15, -0.1) is 0 Å². The number of quaternary nitrogens is 1. The summed E-state index contributed by atoms with van der Waals surface area (Å²) >= 11 is 0. The monoisotopic (exact) mass is 143 g/mol. The minimum Gasteiger partial charge on any atom is -0.369 e. The molecule has 0 amide bonds. The summed E-state index contributed by atoms with van der Waals surface area (Å²) in [4.78, 5) is 8.25. The largest absolute Gasteiger partial charge is 2.00 e. The molecule has 5 nitrogen and oxygen atoms in total. The smallest absolute Gasteiger partial charge is 0.369 e. The Morgan fingerprint density at radius 2 is 1.33 bits per heavy atom. The molecular weight excluding hydrogens is 140 g/mol. The zero-order valence-corrected chi connectivity index (χ0v) is 3.92. The summed E-state index contributed by atoms with van der Waals surface area (Å²) in [6, 6.07) is 0. The van der Waals surface area contributed by atoms with Crippen molar-refractivity contribution in [3.05, 3.63) is 15.3 Å². The zero-order chi connectivity index (χ0) is 3.58. The van der Waals surface area contributed by atoms with Gasteiger partial charge in [0.05, 0.1) is 5.09 Å². The van der Waals surface area contributed by atoms with Crippen LogP contribution in [0.2, 0.25) is 0 Å². The van der Waals surface area contributed by atoms with E-state index in [2.05, 4.69) is 0 Å². The van der Waals surface area contributed by atoms with Crippen LogP contribution < -0.4 is 6.15 Å². The molecule has 6 heavy (non-hydrogen) atoms. The quantitative estimate of drug-likeness (QED) is 0.296. The van der Waals surface area contributed by atoms with Crippen LogP contribution in [0.4, 0.5) is 0 Å². The minimum atomic E-state index is -1.75. The Hall–Kier alpha value is -0.321. The molecule has 0 rings (SSSR count). The van der Waals surface area contributed by atoms with E-state index in [9.17, 15) is 0 Å². The van der Waals surface area contributed by atoms with Crippen LogP contribution in [0.3, 0.4) is 0 Å². The minimum absolute atomic E-state index is 0. The molecule has 6 heteroatoms. The van der Waals surface area contributed by atoms with Crippen molar-refractivity contribution in [2.75, 3.05) is 0 Å². The number of hydrogen-bond acceptors (Lipinski definition) is 3. The standard InChI is InChI=1S/Cu.NO3.H3N/c;2-1(3)4;/h;;1H3/q+2;-1;/p+1. The molecule has 0 aromatic carbocycles. The van der Waals surface area contributed by atoms with E-state index in [-0.39, 0.29) is 23.2 Å². The molecular formula is H4CuN2O3+2. The summed E-state index contributed by atoms with van der Waals surface area (Å²) in [6.45, 7) is 0. The first-order chi connectivity index (χ1) is 1.73. The van der Waals surface area contributed by atoms with Gasteiger partial charge in [0.1, 0.15) is 0 Å². The number of rotatable bonds is 0. The summed E-state index contributed by atoms with van der Waals surface area (Å²) in [5.41, 5.74) is 0. The van der Waals surface area contributed by atoms with Crippen molar-refractivity contribution in [3.8, 4) is 0 Å². The molecule has 0 aromatic rings. The summed E-state index contributed by atoms with van der Waals surface area (Å²) in [6.07, 6.45) is 0. The summed E-state index contributed by atoms with van der Waals surface area (Å²) in [5, 5.41) is 14.8. The van der Waals surface area contributed by atoms with Crippen LogP contribution in [0.5, 0.6) is 0 Å². The van der Waals surface area contributed by atoms with Gasteiger partial charge < -0.3 is 21.5 Å². The maximum absolute atomic E-state index is 8.25. The molecule has 0 saturated carbocycles. The Morgan fingerprint density at radius 3 is 1.33 bits per heavy atom. The Balaban J connectivity index is -0.0000000450. The van der Waals surface area contributed by atoms with E-state index < -0.39 is 5.09 Å². The molecule has 0 unspecified atom stereocenters. The third-order valence-corrected chi connectivity index (χ3v) is 0. The van der Waals surface area contributed by atoms with Gasteiger partial charge in [-0.05, 0) is 0 Å². The average Bonchev–Trinajstić information content (AvgIpc) is 0.811. The van der Waals surface area contributed by atoms with Gasteiger partial charge in [0, 0.05) is 0 Å². The molecule has 0 bridgehead atoms. The number of hydrogen-bond donors (Lipinski definition) is 1. The Kier molecular flexibility index (Phi) is 25.5. The van der Waals surface area contributed by atoms with Crippen molar-refractivity contribution in [2.24, 2.45) is 0 Å². The van der Waals surface area contributed by atoms with E-state index >= 15 is 0 Å². The molecule has 0 aromatic heterocycles. The van der Waals surface area contributed by atoms with Crippen LogP contribution in [0, 0.1) is 15.3 Å². The van der Waals surface area contributed by atoms with Gasteiger partial charge in [0.2, 0.25) is 0 Å². The Labute approximate surface area is 44.5 Å². The van der Waals surface area contributed by atoms with Crippen molar-refractivity contribution >= 4 is 0 Å². The average molecular weight is 144 g/mol. The van der Waals surface area contributed by atoms with Gasteiger partial charge in [-0.1, -0.05) is 0 Å². The molecule has 0 atom stereocenters. The predicted octanol–water partition coefficient (Wildman–Crippen LogP) is 0.135. The summed E-state index contributed by atoms with van der Waals surface area (Å²) in [5.74, 6) is 0. The van der Waals surface area contributed by atoms with Gasteiger partial charge in [-0.2, -0.15) is 0 Å². The van der Waals surface area contributed by atoms with Gasteiger partial charge >= 0.3 is 17.1 Å². The topological polar surface area (TPSA) is 103 Å². The van der Waals surface area contributed by atoms with E-state index in [4.69, 9.17) is 15.3 Å². The SMILES string of the molecule is O=[N+]([O-])[O-].[Cu+2].[NH4+]. The molecule has 4 N–H and O–H groups in total. The van der Waals surface area contributed by atoms with E-state index in [1.807, 2.05) is 0 Å². The second-order valence-electron chi connectivity index (χ2n) is 0.224. The van der Waals surface area contributed by atoms with Gasteiger partial charge in [-0.25, -0.2) is 0 Å². The molecule has 0 fully saturated rings. The van der Waals surface area contributed by atoms with Crippen LogP contribution in [-0.4, -0.2) is 5.09 Å². The second-order valence-corrected chi connectivity index (χ2v) is 0.224. The van der Waals surface area contributed by atoms with E-state index in [1.165, 1.54) is 0 Å². The van der Waals surface area contributed by atoms with Crippen LogP contribution in [-0.2, 0) is 17.1 Å². The second kappa shape index (κ2) is 8.82. The van der Waals surface area contributed by atoms with Crippen LogP contribution >= 0.6 is 0 Å². The van der Waals surface area contributed by atoms with Crippen molar-refractivity contribution < 1.29 is 22.2 Å². The fraction of sp³-hybridized carbons (Fsp3) is 0. The maximum atomic E-state index is 8.25. The normalized spacial score (nSPS) is 4.00. The molecule has 0 heterocycles. The predicted molar refractivity (Wildman–Crippen MR) is 16.3 cm³/mol. The van der Waals surface area contributed by atoms with Crippen molar-refractivity contribution in [1.82, 2.24) is 6.15 Å². The van der Waals surface area contributed by atoms with E-state index in [0.29, 0.717) is 0 Å². The summed E-state index contributed by atoms with van der Waals surface area (Å²) < 4.78 is 0. The van der Waals surface area contributed by atoms with Gasteiger partial charge in [0.25, 0.3) is 0 Å². The molecule has 1 radical (unpaired) electrons. The first-order valence-corrected chi connectivity index (χ1v) is 0.548. The van der Waals surface area contributed by atoms with Crippen molar-refractivity contribution in [3.63, 3.8) is 0 Å². The Bertz CT molecular complexity index is 31.8. The van der Waals surface area contributed by atoms with Crippen LogP contribution in [0.1, 0.15) is 0 Å². The van der Waals surface area contributed by atoms with Crippen LogP contribution in [0.15, 0.2) is 0 Å². The van der Waals surface area contributed by atoms with E-state index in [1.54, 1.807) is 0 Å². The van der Waals surface area contributed by atoms with Gasteiger partial charge in [0.15, 0.2) is 0 Å². The molecule has 0 aliphatic rings. The number of nitrogens with zero attached hydrogens (tertiary/aromatic N) is 1. The zero-order valence-electron chi connectivity index (χ0n) is 2.97. The first kappa shape index (κ1) is 17.3. The first-order valence-electron chi connectivity index (χ1n) is 0.548. The molecule has 0 aliphatic heterocycles. The maximum Gasteiger partial charge on any atom is 2.00 e. The Morgan fingerprint density at radius 1 is 1.33 bits per heavy atom. The van der Waals surface area contributed by atoms with Crippen LogP contribution in [0.25, 0.3) is 0 Å². The van der Waals surface area contributed by atoms with Crippen molar-refractivity contribution in [2.45, 2.75) is 0 Å². The van der Waals surface area contributed by atoms with Gasteiger partial charge in [-0.3, -0.25) is 0 Å². The van der Waals surface area contributed by atoms with E-state index in [0.717, 1.165) is 0 Å². The molecule has 0 spiro atoms. The molecule has 0 aliphatic carbocycles. The fourth-order valence-electron chi connectivity index (χ4n) is 0. The van der Waals surface area contributed by atoms with Crippen molar-refractivity contribution in [1.29, 1.82) is 0 Å². The molecule has 41 valence electrons. The fourth-order valence-corrected chi connectivity index (χ4v) is 0.